The van der Waals surface area contributed by atoms with Crippen LogP contribution >= 0.6 is 0 Å². The number of esters is 1. The molecule has 2 rings (SSSR count). The van der Waals surface area contributed by atoms with Gasteiger partial charge in [0.25, 0.3) is 11.8 Å². The number of hydrogen-bond donors (Lipinski definition) is 11. The van der Waals surface area contributed by atoms with Gasteiger partial charge in [0.1, 0.15) is 29.0 Å². The lowest BCUT2D eigenvalue weighted by molar-refractivity contribution is -0.155. The van der Waals surface area contributed by atoms with Crippen LogP contribution in [0.2, 0.25) is 0 Å². The van der Waals surface area contributed by atoms with Crippen molar-refractivity contribution in [3.05, 3.63) is 35.9 Å². The average Bonchev–Trinajstić information content (AvgIpc) is 1.17. The zero-order valence-electron chi connectivity index (χ0n) is 56.4. The third kappa shape index (κ3) is 37.8. The number of nitrogens with one attached hydrogen (secondary N) is 10. The molecule has 0 aromatic heterocycles. The standard InChI is InChI=1S/C63H106N12O18/c1-43(2)57(60(86)70-44(3)58(84)69-42-52(79)72-48-41-45(14-17-49(48)76)40-46(71-61(87)93-63(7,8)9)15-21-56(83)92-62(4,5)6)73-59(85)47(66-24-12-13-29-75-54(81)19-20-55(75)82)16-18-53(80)74(30-25-67-50(77)22-32-88-36-38-90-34-27-64-10)31-26-68-51(78)23-33-89-37-39-91-35-28-65-11/h14,17,19-20,41,43-44,46-47,57,64-66,76H,12-13,15-16,18,21-40,42H2,1-11H3,(H,67,77)(H,68,78)(H,69,84)(H,70,86)(H,71,87)(H,72,79)(H,73,85)/t44-,46+,47-,57-/m0/s1. The van der Waals surface area contributed by atoms with E-state index < -0.39 is 101 Å². The second-order valence-corrected chi connectivity index (χ2v) is 24.4. The quantitative estimate of drug-likeness (QED) is 0.0182. The zero-order chi connectivity index (χ0) is 69.4. The highest BCUT2D eigenvalue weighted by atomic mass is 16.6. The number of phenolic OH excluding ortho intramolecular Hbond substituents is 1. The van der Waals surface area contributed by atoms with Crippen LogP contribution in [-0.2, 0) is 82.8 Å². The molecule has 0 aliphatic carbocycles. The van der Waals surface area contributed by atoms with E-state index in [1.807, 2.05) is 14.1 Å². The van der Waals surface area contributed by atoms with Gasteiger partial charge in [-0.15, -0.1) is 0 Å². The molecule has 0 spiro atoms. The van der Waals surface area contributed by atoms with Gasteiger partial charge in [-0.25, -0.2) is 4.79 Å². The number of alkyl carbamates (subject to hydrolysis) is 1. The SMILES string of the molecule is CNCCOCCOCCC(=O)NCCN(CCNC(=O)CCOCCOCCNC)C(=O)CC[C@H](NCCCCN1C(=O)C=CC1=O)C(=O)N[C@H](C(=O)N[C@@H](C)C(=O)NCC(=O)Nc1cc(C[C@@H](CCC(=O)OC(C)(C)C)NC(=O)OC(C)(C)C)ccc1O)C(C)C. The molecule has 0 saturated carbocycles. The average molecular weight is 1320 g/mol. The highest BCUT2D eigenvalue weighted by molar-refractivity contribution is 6.12. The first-order valence-corrected chi connectivity index (χ1v) is 31.9. The van der Waals surface area contributed by atoms with Crippen LogP contribution in [0.4, 0.5) is 10.5 Å². The maximum absolute atomic E-state index is 14.3. The highest BCUT2D eigenvalue weighted by Crippen LogP contribution is 2.26. The second-order valence-electron chi connectivity index (χ2n) is 24.4. The largest absolute Gasteiger partial charge is 0.506 e. The summed E-state index contributed by atoms with van der Waals surface area (Å²) in [6.45, 7) is 19.1. The van der Waals surface area contributed by atoms with E-state index in [4.69, 9.17) is 28.4 Å². The number of unbranched alkanes of at least 4 members (excludes halogenated alkanes) is 1. The summed E-state index contributed by atoms with van der Waals surface area (Å²) in [4.78, 5) is 147. The summed E-state index contributed by atoms with van der Waals surface area (Å²) >= 11 is 0. The molecule has 526 valence electrons. The number of ether oxygens (including phenoxy) is 6. The van der Waals surface area contributed by atoms with Gasteiger partial charge in [-0.1, -0.05) is 19.9 Å². The Morgan fingerprint density at radius 3 is 1.69 bits per heavy atom. The summed E-state index contributed by atoms with van der Waals surface area (Å²) in [7, 11) is 3.63. The number of nitrogens with zero attached hydrogens (tertiary/aromatic N) is 2. The topological polar surface area (TPSA) is 390 Å². The second kappa shape index (κ2) is 45.1. The third-order valence-electron chi connectivity index (χ3n) is 13.6. The Kier molecular flexibility index (Phi) is 39.6. The first kappa shape index (κ1) is 81.7. The Balaban J connectivity index is 2.18. The molecule has 1 aromatic carbocycles. The summed E-state index contributed by atoms with van der Waals surface area (Å²) in [6, 6.07) is 0.246. The van der Waals surface area contributed by atoms with Crippen molar-refractivity contribution >= 4 is 70.9 Å². The molecule has 4 atom stereocenters. The normalized spacial score (nSPS) is 13.6. The van der Waals surface area contributed by atoms with Gasteiger partial charge >= 0.3 is 12.1 Å². The number of anilines is 1. The van der Waals surface area contributed by atoms with Crippen LogP contribution in [0.15, 0.2) is 30.4 Å². The lowest BCUT2D eigenvalue weighted by Crippen LogP contribution is -2.57. The Bertz CT molecular complexity index is 2500. The lowest BCUT2D eigenvalue weighted by atomic mass is 10.0. The third-order valence-corrected chi connectivity index (χ3v) is 13.6. The molecule has 0 unspecified atom stereocenters. The fourth-order valence-electron chi connectivity index (χ4n) is 8.75. The molecule has 1 aliphatic heterocycles. The van der Waals surface area contributed by atoms with Crippen LogP contribution in [0.25, 0.3) is 0 Å². The molecule has 1 aromatic rings. The van der Waals surface area contributed by atoms with Gasteiger partial charge in [0, 0.05) is 89.7 Å². The van der Waals surface area contributed by atoms with Gasteiger partial charge in [-0.05, 0) is 125 Å². The van der Waals surface area contributed by atoms with Crippen LogP contribution < -0.4 is 53.2 Å². The number of aromatic hydroxyl groups is 1. The van der Waals surface area contributed by atoms with Gasteiger partial charge in [0.15, 0.2) is 0 Å². The molecular weight excluding hydrogens is 1210 g/mol. The number of carbonyl (C=O) groups is 11. The highest BCUT2D eigenvalue weighted by Gasteiger charge is 2.31. The smallest absolute Gasteiger partial charge is 0.407 e. The molecule has 0 fully saturated rings. The van der Waals surface area contributed by atoms with Crippen LogP contribution in [0.3, 0.4) is 0 Å². The van der Waals surface area contributed by atoms with E-state index in [2.05, 4.69) is 53.2 Å². The summed E-state index contributed by atoms with van der Waals surface area (Å²) in [5.41, 5.74) is -0.977. The Hall–Kier alpha value is -7.35. The number of hydrogen-bond acceptors (Lipinski definition) is 21. The van der Waals surface area contributed by atoms with Crippen molar-refractivity contribution in [2.45, 2.75) is 155 Å². The summed E-state index contributed by atoms with van der Waals surface area (Å²) < 4.78 is 32.8. The minimum atomic E-state index is -1.23. The van der Waals surface area contributed by atoms with E-state index in [9.17, 15) is 57.8 Å². The van der Waals surface area contributed by atoms with E-state index in [0.29, 0.717) is 71.1 Å². The molecule has 0 saturated heterocycles. The van der Waals surface area contributed by atoms with E-state index in [0.717, 1.165) is 4.90 Å². The molecule has 30 heteroatoms. The van der Waals surface area contributed by atoms with Crippen molar-refractivity contribution in [1.82, 2.24) is 57.7 Å². The number of likely N-dealkylation sites (N-methyl/N-ethyl adjacent to an activating group) is 2. The molecule has 30 nitrogen and oxygen atoms in total. The summed E-state index contributed by atoms with van der Waals surface area (Å²) in [6.07, 6.45) is 2.56. The number of phenols is 1. The lowest BCUT2D eigenvalue weighted by Gasteiger charge is -2.27. The Morgan fingerprint density at radius 1 is 0.591 bits per heavy atom. The number of benzene rings is 1. The maximum atomic E-state index is 14.3. The minimum absolute atomic E-state index is 0.0114. The van der Waals surface area contributed by atoms with Crippen LogP contribution in [0, 0.1) is 5.92 Å². The van der Waals surface area contributed by atoms with Crippen molar-refractivity contribution in [1.29, 1.82) is 0 Å². The van der Waals surface area contributed by atoms with E-state index in [1.165, 1.54) is 36.1 Å². The van der Waals surface area contributed by atoms with Crippen molar-refractivity contribution in [3.63, 3.8) is 0 Å². The zero-order valence-corrected chi connectivity index (χ0v) is 56.4. The van der Waals surface area contributed by atoms with E-state index >= 15 is 0 Å². The van der Waals surface area contributed by atoms with Crippen molar-refractivity contribution in [2.75, 3.05) is 131 Å². The summed E-state index contributed by atoms with van der Waals surface area (Å²) in [5, 5.41) is 38.6. The Labute approximate surface area is 547 Å². The van der Waals surface area contributed by atoms with Crippen molar-refractivity contribution in [2.24, 2.45) is 5.92 Å². The fraction of sp³-hybridized carbons (Fsp3) is 0.698. The molecule has 1 aliphatic rings. The van der Waals surface area contributed by atoms with Crippen molar-refractivity contribution < 1.29 is 86.3 Å². The van der Waals surface area contributed by atoms with Crippen molar-refractivity contribution in [3.8, 4) is 5.75 Å². The monoisotopic (exact) mass is 1320 g/mol. The van der Waals surface area contributed by atoms with Gasteiger partial charge < -0.3 is 91.6 Å². The fourth-order valence-corrected chi connectivity index (χ4v) is 8.75. The van der Waals surface area contributed by atoms with Gasteiger partial charge in [0.2, 0.25) is 41.4 Å². The molecule has 10 amide bonds. The minimum Gasteiger partial charge on any atom is -0.506 e. The molecule has 93 heavy (non-hydrogen) atoms. The predicted octanol–water partition coefficient (Wildman–Crippen LogP) is 0.440. The van der Waals surface area contributed by atoms with Gasteiger partial charge in [0.05, 0.1) is 71.1 Å². The van der Waals surface area contributed by atoms with Gasteiger partial charge in [-0.3, -0.25) is 52.8 Å². The molecular formula is C63H106N12O18. The van der Waals surface area contributed by atoms with E-state index in [1.54, 1.807) is 61.5 Å². The maximum Gasteiger partial charge on any atom is 0.407 e. The van der Waals surface area contributed by atoms with Crippen LogP contribution in [0.5, 0.6) is 5.75 Å². The molecule has 0 radical (unpaired) electrons. The molecule has 0 bridgehead atoms. The first-order chi connectivity index (χ1) is 44.0. The number of carbonyl (C=O) groups excluding carboxylic acids is 11. The van der Waals surface area contributed by atoms with Crippen LogP contribution in [0.1, 0.15) is 119 Å². The first-order valence-electron chi connectivity index (χ1n) is 31.9. The van der Waals surface area contributed by atoms with Gasteiger partial charge in [-0.2, -0.15) is 0 Å². The number of imide groups is 1. The predicted molar refractivity (Wildman–Crippen MR) is 345 cm³/mol. The van der Waals surface area contributed by atoms with Crippen LogP contribution in [-0.4, -0.2) is 241 Å². The number of amides is 10. The molecule has 11 N–H and O–H groups in total. The Morgan fingerprint density at radius 2 is 1.15 bits per heavy atom. The van der Waals surface area contributed by atoms with E-state index in [-0.39, 0.29) is 121 Å². The summed E-state index contributed by atoms with van der Waals surface area (Å²) in [5.74, 6) is -6.13. The molecule has 1 heterocycles. The number of rotatable bonds is 48.